The molecule has 39 heavy (non-hydrogen) atoms. The van der Waals surface area contributed by atoms with Gasteiger partial charge in [0.2, 0.25) is 5.91 Å². The maximum Gasteiger partial charge on any atom is 0.256 e. The average Bonchev–Trinajstić information content (AvgIpc) is 3.35. The summed E-state index contributed by atoms with van der Waals surface area (Å²) in [6.45, 7) is 8.88. The second-order valence-corrected chi connectivity index (χ2v) is 10.8. The SMILES string of the molecule is Cc1ccc(-c2ccc(Cl)cc2)cc1N(CC(=O)NCCNC(C)C)CC(=O)N(C)N1Cc2ccccc2C1. The first-order chi connectivity index (χ1) is 18.7. The lowest BCUT2D eigenvalue weighted by molar-refractivity contribution is -0.145. The Morgan fingerprint density at radius 3 is 2.21 bits per heavy atom. The maximum atomic E-state index is 13.6. The van der Waals surface area contributed by atoms with Gasteiger partial charge in [-0.15, -0.1) is 0 Å². The largest absolute Gasteiger partial charge is 0.353 e. The lowest BCUT2D eigenvalue weighted by Crippen LogP contribution is -2.48. The van der Waals surface area contributed by atoms with E-state index in [1.807, 2.05) is 71.4 Å². The Morgan fingerprint density at radius 1 is 0.923 bits per heavy atom. The van der Waals surface area contributed by atoms with Gasteiger partial charge < -0.3 is 15.5 Å². The lowest BCUT2D eigenvalue weighted by atomic mass is 10.0. The van der Waals surface area contributed by atoms with Gasteiger partial charge in [0, 0.05) is 50.0 Å². The summed E-state index contributed by atoms with van der Waals surface area (Å²) in [5.74, 6) is -0.200. The summed E-state index contributed by atoms with van der Waals surface area (Å²) in [6.07, 6.45) is 0. The zero-order valence-corrected chi connectivity index (χ0v) is 24.0. The minimum atomic E-state index is -0.124. The van der Waals surface area contributed by atoms with Gasteiger partial charge in [0.05, 0.1) is 13.1 Å². The summed E-state index contributed by atoms with van der Waals surface area (Å²) < 4.78 is 0. The molecular weight excluding hydrogens is 510 g/mol. The number of likely N-dealkylation sites (N-methyl/N-ethyl adjacent to an activating group) is 1. The molecule has 7 nitrogen and oxygen atoms in total. The van der Waals surface area contributed by atoms with Gasteiger partial charge in [-0.25, -0.2) is 5.01 Å². The van der Waals surface area contributed by atoms with Crippen molar-refractivity contribution in [1.29, 1.82) is 0 Å². The highest BCUT2D eigenvalue weighted by molar-refractivity contribution is 6.30. The quantitative estimate of drug-likeness (QED) is 0.343. The van der Waals surface area contributed by atoms with E-state index in [0.29, 0.717) is 37.2 Å². The molecule has 0 fully saturated rings. The number of nitrogens with zero attached hydrogens (tertiary/aromatic N) is 3. The van der Waals surface area contributed by atoms with Crippen molar-refractivity contribution in [3.63, 3.8) is 0 Å². The van der Waals surface area contributed by atoms with Crippen LogP contribution < -0.4 is 15.5 Å². The van der Waals surface area contributed by atoms with Gasteiger partial charge in [-0.1, -0.05) is 74.0 Å². The second-order valence-electron chi connectivity index (χ2n) is 10.3. The zero-order chi connectivity index (χ0) is 27.9. The predicted octanol–water partition coefficient (Wildman–Crippen LogP) is 4.63. The van der Waals surface area contributed by atoms with E-state index in [4.69, 9.17) is 11.6 Å². The molecular formula is C31H38ClN5O2. The number of nitrogens with one attached hydrogen (secondary N) is 2. The molecule has 206 valence electrons. The molecule has 3 aromatic rings. The Bertz CT molecular complexity index is 1270. The molecule has 0 aliphatic carbocycles. The van der Waals surface area contributed by atoms with Gasteiger partial charge in [0.15, 0.2) is 0 Å². The smallest absolute Gasteiger partial charge is 0.256 e. The number of aryl methyl sites for hydroxylation is 1. The average molecular weight is 548 g/mol. The monoisotopic (exact) mass is 547 g/mol. The maximum absolute atomic E-state index is 13.6. The van der Waals surface area contributed by atoms with Crippen LogP contribution in [-0.4, -0.2) is 61.1 Å². The topological polar surface area (TPSA) is 67.9 Å². The highest BCUT2D eigenvalue weighted by atomic mass is 35.5. The van der Waals surface area contributed by atoms with E-state index in [2.05, 4.69) is 36.6 Å². The summed E-state index contributed by atoms with van der Waals surface area (Å²) in [4.78, 5) is 28.4. The van der Waals surface area contributed by atoms with Gasteiger partial charge in [0.25, 0.3) is 5.91 Å². The van der Waals surface area contributed by atoms with Gasteiger partial charge in [-0.3, -0.25) is 14.6 Å². The number of benzene rings is 3. The molecule has 0 aromatic heterocycles. The van der Waals surface area contributed by atoms with Gasteiger partial charge in [-0.05, 0) is 52.9 Å². The summed E-state index contributed by atoms with van der Waals surface area (Å²) >= 11 is 6.10. The van der Waals surface area contributed by atoms with Crippen LogP contribution in [0.5, 0.6) is 0 Å². The number of carbonyl (C=O) groups excluding carboxylic acids is 2. The van der Waals surface area contributed by atoms with E-state index in [9.17, 15) is 9.59 Å². The van der Waals surface area contributed by atoms with Crippen LogP contribution in [0.1, 0.15) is 30.5 Å². The van der Waals surface area contributed by atoms with Crippen LogP contribution in [0.25, 0.3) is 11.1 Å². The Hall–Kier alpha value is -3.39. The zero-order valence-electron chi connectivity index (χ0n) is 23.2. The molecule has 1 heterocycles. The van der Waals surface area contributed by atoms with Crippen molar-refractivity contribution in [3.05, 3.63) is 88.4 Å². The van der Waals surface area contributed by atoms with Crippen LogP contribution >= 0.6 is 11.6 Å². The fraction of sp³-hybridized carbons (Fsp3) is 0.355. The van der Waals surface area contributed by atoms with E-state index in [1.165, 1.54) is 11.1 Å². The molecule has 3 aromatic carbocycles. The first kappa shape index (κ1) is 28.6. The fourth-order valence-electron chi connectivity index (χ4n) is 4.74. The molecule has 0 bridgehead atoms. The number of amides is 2. The van der Waals surface area contributed by atoms with Gasteiger partial charge >= 0.3 is 0 Å². The summed E-state index contributed by atoms with van der Waals surface area (Å²) in [7, 11) is 1.81. The molecule has 0 saturated carbocycles. The third kappa shape index (κ3) is 7.60. The highest BCUT2D eigenvalue weighted by Crippen LogP contribution is 2.29. The Balaban J connectivity index is 1.53. The van der Waals surface area contributed by atoms with Crippen molar-refractivity contribution in [2.75, 3.05) is 38.1 Å². The fourth-order valence-corrected chi connectivity index (χ4v) is 4.87. The van der Waals surface area contributed by atoms with E-state index in [0.717, 1.165) is 22.4 Å². The molecule has 0 radical (unpaired) electrons. The van der Waals surface area contributed by atoms with Crippen LogP contribution in [0.4, 0.5) is 5.69 Å². The number of hydrogen-bond donors (Lipinski definition) is 2. The van der Waals surface area contributed by atoms with Crippen molar-refractivity contribution in [2.45, 2.75) is 39.9 Å². The Morgan fingerprint density at radius 2 is 1.56 bits per heavy atom. The minimum Gasteiger partial charge on any atom is -0.353 e. The van der Waals surface area contributed by atoms with Crippen LogP contribution in [0.3, 0.4) is 0 Å². The van der Waals surface area contributed by atoms with E-state index in [1.54, 1.807) is 12.1 Å². The van der Waals surface area contributed by atoms with Gasteiger partial charge in [0.1, 0.15) is 0 Å². The van der Waals surface area contributed by atoms with E-state index < -0.39 is 0 Å². The molecule has 2 amide bonds. The molecule has 1 aliphatic rings. The summed E-state index contributed by atoms with van der Waals surface area (Å²) in [5.41, 5.74) is 6.32. The molecule has 8 heteroatoms. The Labute approximate surface area is 236 Å². The Kier molecular flexibility index (Phi) is 9.62. The third-order valence-electron chi connectivity index (χ3n) is 7.00. The van der Waals surface area contributed by atoms with Crippen molar-refractivity contribution in [3.8, 4) is 11.1 Å². The van der Waals surface area contributed by atoms with E-state index >= 15 is 0 Å². The van der Waals surface area contributed by atoms with Crippen LogP contribution in [0, 0.1) is 6.92 Å². The number of carbonyl (C=O) groups is 2. The second kappa shape index (κ2) is 13.1. The normalized spacial score (nSPS) is 12.9. The molecule has 0 unspecified atom stereocenters. The lowest BCUT2D eigenvalue weighted by Gasteiger charge is -2.32. The molecule has 0 spiro atoms. The molecule has 0 saturated heterocycles. The van der Waals surface area contributed by atoms with Crippen LogP contribution in [-0.2, 0) is 22.7 Å². The molecule has 0 atom stereocenters. The number of hydrogen-bond acceptors (Lipinski definition) is 5. The number of hydrazine groups is 1. The summed E-state index contributed by atoms with van der Waals surface area (Å²) in [6, 6.07) is 22.4. The van der Waals surface area contributed by atoms with Crippen molar-refractivity contribution >= 4 is 29.1 Å². The number of rotatable bonds is 11. The molecule has 2 N–H and O–H groups in total. The number of fused-ring (bicyclic) bond motifs is 1. The van der Waals surface area contributed by atoms with Crippen molar-refractivity contribution in [2.24, 2.45) is 0 Å². The highest BCUT2D eigenvalue weighted by Gasteiger charge is 2.27. The first-order valence-corrected chi connectivity index (χ1v) is 13.8. The number of anilines is 1. The van der Waals surface area contributed by atoms with Crippen molar-refractivity contribution in [1.82, 2.24) is 20.7 Å². The van der Waals surface area contributed by atoms with Crippen molar-refractivity contribution < 1.29 is 9.59 Å². The van der Waals surface area contributed by atoms with E-state index in [-0.39, 0.29) is 24.9 Å². The molecule has 4 rings (SSSR count). The third-order valence-corrected chi connectivity index (χ3v) is 7.25. The number of halogens is 1. The van der Waals surface area contributed by atoms with Crippen LogP contribution in [0.15, 0.2) is 66.7 Å². The minimum absolute atomic E-state index is 0.0753. The molecule has 1 aliphatic heterocycles. The predicted molar refractivity (Wildman–Crippen MR) is 158 cm³/mol. The van der Waals surface area contributed by atoms with Gasteiger partial charge in [-0.2, -0.15) is 0 Å². The first-order valence-electron chi connectivity index (χ1n) is 13.4. The standard InChI is InChI=1S/C31H38ClN5O2/c1-22(2)33-15-16-34-30(38)20-36(21-31(39)35(4)37-18-26-7-5-6-8-27(26)19-37)29-17-25(10-9-23(29)3)24-11-13-28(32)14-12-24/h5-14,17,22,33H,15-16,18-21H2,1-4H3,(H,34,38). The van der Waals surface area contributed by atoms with Crippen LogP contribution in [0.2, 0.25) is 5.02 Å². The summed E-state index contributed by atoms with van der Waals surface area (Å²) in [5, 5.41) is 10.7.